The van der Waals surface area contributed by atoms with Crippen molar-refractivity contribution in [3.63, 3.8) is 0 Å². The van der Waals surface area contributed by atoms with Gasteiger partial charge in [0, 0.05) is 23.4 Å². The fraction of sp³-hybridized carbons (Fsp3) is 0.583. The zero-order valence-corrected chi connectivity index (χ0v) is 12.3. The highest BCUT2D eigenvalue weighted by molar-refractivity contribution is 8.13. The number of aromatic amines is 1. The van der Waals surface area contributed by atoms with Crippen molar-refractivity contribution in [1.29, 1.82) is 0 Å². The van der Waals surface area contributed by atoms with Crippen LogP contribution in [0.2, 0.25) is 0 Å². The monoisotopic (exact) mass is 304 g/mol. The molecule has 2 N–H and O–H groups in total. The van der Waals surface area contributed by atoms with E-state index in [2.05, 4.69) is 17.2 Å². The van der Waals surface area contributed by atoms with Crippen molar-refractivity contribution in [1.82, 2.24) is 10.3 Å². The van der Waals surface area contributed by atoms with Crippen LogP contribution in [0.25, 0.3) is 0 Å². The molecular weight excluding hydrogens is 288 g/mol. The van der Waals surface area contributed by atoms with E-state index >= 15 is 0 Å². The largest absolute Gasteiger partial charge is 0.356 e. The lowest BCUT2D eigenvalue weighted by Gasteiger charge is -2.14. The van der Waals surface area contributed by atoms with Crippen LogP contribution in [0, 0.1) is 5.41 Å². The summed E-state index contributed by atoms with van der Waals surface area (Å²) in [6.07, 6.45) is 5.73. The fourth-order valence-electron chi connectivity index (χ4n) is 2.23. The van der Waals surface area contributed by atoms with Gasteiger partial charge in [-0.2, -0.15) is 0 Å². The summed E-state index contributed by atoms with van der Waals surface area (Å²) in [5.74, 6) is -0.297. The summed E-state index contributed by atoms with van der Waals surface area (Å²) in [5.41, 5.74) is 0.477. The van der Waals surface area contributed by atoms with E-state index in [0.29, 0.717) is 6.54 Å². The Morgan fingerprint density at radius 3 is 2.68 bits per heavy atom. The highest BCUT2D eigenvalue weighted by Gasteiger charge is 2.41. The number of carbonyl (C=O) groups excluding carboxylic acids is 1. The minimum atomic E-state index is -3.79. The third kappa shape index (κ3) is 3.51. The smallest absolute Gasteiger partial charge is 0.267 e. The molecule has 1 aromatic rings. The Morgan fingerprint density at radius 2 is 2.21 bits per heavy atom. The normalized spacial score (nSPS) is 17.2. The van der Waals surface area contributed by atoms with Crippen LogP contribution >= 0.6 is 10.7 Å². The van der Waals surface area contributed by atoms with E-state index in [9.17, 15) is 13.2 Å². The van der Waals surface area contributed by atoms with Crippen molar-refractivity contribution in [3.05, 3.63) is 18.0 Å². The summed E-state index contributed by atoms with van der Waals surface area (Å²) in [7, 11) is 1.40. The zero-order chi connectivity index (χ0) is 14.1. The Hall–Kier alpha value is -1.01. The third-order valence-corrected chi connectivity index (χ3v) is 4.88. The van der Waals surface area contributed by atoms with Gasteiger partial charge in [0.05, 0.1) is 0 Å². The molecule has 1 heterocycles. The Labute approximate surface area is 117 Å². The van der Waals surface area contributed by atoms with E-state index < -0.39 is 9.05 Å². The molecule has 7 heteroatoms. The molecule has 0 aromatic carbocycles. The van der Waals surface area contributed by atoms with Crippen LogP contribution in [0.1, 0.15) is 43.1 Å². The van der Waals surface area contributed by atoms with Gasteiger partial charge in [0.15, 0.2) is 0 Å². The number of rotatable bonds is 6. The lowest BCUT2D eigenvalue weighted by Crippen LogP contribution is -2.30. The molecule has 1 saturated carbocycles. The summed E-state index contributed by atoms with van der Waals surface area (Å²) < 4.78 is 22.2. The quantitative estimate of drug-likeness (QED) is 0.791. The summed E-state index contributed by atoms with van der Waals surface area (Å²) in [6, 6.07) is 1.25. The van der Waals surface area contributed by atoms with Crippen LogP contribution in [-0.4, -0.2) is 25.9 Å². The summed E-state index contributed by atoms with van der Waals surface area (Å²) in [6.45, 7) is 2.77. The van der Waals surface area contributed by atoms with Crippen LogP contribution in [-0.2, 0) is 9.05 Å². The van der Waals surface area contributed by atoms with Gasteiger partial charge in [0.2, 0.25) is 0 Å². The molecule has 5 nitrogen and oxygen atoms in total. The number of H-pyrrole nitrogens is 1. The second-order valence-corrected chi connectivity index (χ2v) is 7.69. The maximum absolute atomic E-state index is 11.9. The van der Waals surface area contributed by atoms with E-state index in [0.717, 1.165) is 25.7 Å². The molecule has 0 unspecified atom stereocenters. The van der Waals surface area contributed by atoms with Gasteiger partial charge in [-0.1, -0.05) is 13.3 Å². The van der Waals surface area contributed by atoms with Crippen molar-refractivity contribution in [3.8, 4) is 0 Å². The van der Waals surface area contributed by atoms with Crippen LogP contribution < -0.4 is 5.32 Å². The lowest BCUT2D eigenvalue weighted by atomic mass is 10.0. The maximum Gasteiger partial charge on any atom is 0.267 e. The Balaban J connectivity index is 1.95. The van der Waals surface area contributed by atoms with Crippen LogP contribution in [0.15, 0.2) is 17.2 Å². The second kappa shape index (κ2) is 5.17. The van der Waals surface area contributed by atoms with E-state index in [1.807, 2.05) is 0 Å². The van der Waals surface area contributed by atoms with Gasteiger partial charge in [-0.3, -0.25) is 4.79 Å². The average Bonchev–Trinajstić information content (AvgIpc) is 2.91. The molecule has 0 aliphatic heterocycles. The minimum absolute atomic E-state index is 0.0889. The molecule has 106 valence electrons. The van der Waals surface area contributed by atoms with E-state index in [4.69, 9.17) is 10.7 Å². The molecule has 0 radical (unpaired) electrons. The zero-order valence-electron chi connectivity index (χ0n) is 10.7. The Kier molecular flexibility index (Phi) is 3.92. The first-order valence-electron chi connectivity index (χ1n) is 6.28. The SMILES string of the molecule is CCCC1(CNC(=O)c2cc(S(=O)(=O)Cl)c[nH]2)CC1. The predicted molar refractivity (Wildman–Crippen MR) is 72.7 cm³/mol. The van der Waals surface area contributed by atoms with Crippen LogP contribution in [0.3, 0.4) is 0 Å². The number of carbonyl (C=O) groups is 1. The topological polar surface area (TPSA) is 79.0 Å². The molecule has 2 rings (SSSR count). The average molecular weight is 305 g/mol. The van der Waals surface area contributed by atoms with Crippen molar-refractivity contribution in [2.24, 2.45) is 5.41 Å². The van der Waals surface area contributed by atoms with Gasteiger partial charge >= 0.3 is 0 Å². The first kappa shape index (κ1) is 14.4. The molecule has 0 atom stereocenters. The van der Waals surface area contributed by atoms with Crippen molar-refractivity contribution in [2.45, 2.75) is 37.5 Å². The first-order valence-corrected chi connectivity index (χ1v) is 8.58. The van der Waals surface area contributed by atoms with Gasteiger partial charge in [0.1, 0.15) is 10.6 Å². The molecule has 0 bridgehead atoms. The summed E-state index contributed by atoms with van der Waals surface area (Å²) in [4.78, 5) is 14.4. The van der Waals surface area contributed by atoms with Gasteiger partial charge in [-0.05, 0) is 30.7 Å². The van der Waals surface area contributed by atoms with Crippen molar-refractivity contribution >= 4 is 25.6 Å². The van der Waals surface area contributed by atoms with E-state index in [1.54, 1.807) is 0 Å². The Morgan fingerprint density at radius 1 is 1.53 bits per heavy atom. The van der Waals surface area contributed by atoms with Gasteiger partial charge in [-0.15, -0.1) is 0 Å². The molecule has 1 amide bonds. The minimum Gasteiger partial charge on any atom is -0.356 e. The Bertz CT molecular complexity index is 576. The maximum atomic E-state index is 11.9. The van der Waals surface area contributed by atoms with Gasteiger partial charge < -0.3 is 10.3 Å². The highest BCUT2D eigenvalue weighted by Crippen LogP contribution is 2.48. The number of nitrogens with one attached hydrogen (secondary N) is 2. The van der Waals surface area contributed by atoms with Crippen molar-refractivity contribution in [2.75, 3.05) is 6.54 Å². The molecule has 0 saturated heterocycles. The summed E-state index contributed by atoms with van der Waals surface area (Å²) in [5, 5.41) is 2.84. The number of amides is 1. The van der Waals surface area contributed by atoms with E-state index in [-0.39, 0.29) is 21.9 Å². The standard InChI is InChI=1S/C12H17ClN2O3S/c1-2-3-12(4-5-12)8-15-11(16)10-6-9(7-14-10)19(13,17)18/h6-7,14H,2-5,8H2,1H3,(H,15,16). The second-order valence-electron chi connectivity index (χ2n) is 5.12. The molecule has 1 aliphatic carbocycles. The molecule has 0 spiro atoms. The summed E-state index contributed by atoms with van der Waals surface area (Å²) >= 11 is 0. The van der Waals surface area contributed by atoms with Crippen LogP contribution in [0.5, 0.6) is 0 Å². The molecule has 1 aromatic heterocycles. The van der Waals surface area contributed by atoms with Crippen molar-refractivity contribution < 1.29 is 13.2 Å². The molecule has 1 fully saturated rings. The number of hydrogen-bond donors (Lipinski definition) is 2. The molecular formula is C12H17ClN2O3S. The first-order chi connectivity index (χ1) is 8.86. The van der Waals surface area contributed by atoms with E-state index in [1.165, 1.54) is 12.3 Å². The number of halogens is 1. The lowest BCUT2D eigenvalue weighted by molar-refractivity contribution is 0.0939. The predicted octanol–water partition coefficient (Wildman–Crippen LogP) is 2.25. The molecule has 1 aliphatic rings. The third-order valence-electron chi connectivity index (χ3n) is 3.54. The van der Waals surface area contributed by atoms with Gasteiger partial charge in [-0.25, -0.2) is 8.42 Å². The van der Waals surface area contributed by atoms with Gasteiger partial charge in [0.25, 0.3) is 15.0 Å². The number of hydrogen-bond acceptors (Lipinski definition) is 3. The fourth-order valence-corrected chi connectivity index (χ4v) is 2.96. The highest BCUT2D eigenvalue weighted by atomic mass is 35.7. The number of aromatic nitrogens is 1. The molecule has 19 heavy (non-hydrogen) atoms. The van der Waals surface area contributed by atoms with Crippen LogP contribution in [0.4, 0.5) is 0 Å².